The van der Waals surface area contributed by atoms with Crippen LogP contribution in [0.1, 0.15) is 104 Å². The molecule has 3 aliphatic rings. The summed E-state index contributed by atoms with van der Waals surface area (Å²) < 4.78 is 19.2. The number of furan rings is 2. The average molecular weight is 927 g/mol. The summed E-state index contributed by atoms with van der Waals surface area (Å²) in [5.41, 5.74) is 20.6. The highest BCUT2D eigenvalue weighted by atomic mass is 32.1. The number of benzene rings is 8. The summed E-state index contributed by atoms with van der Waals surface area (Å²) in [5, 5.41) is 9.93. The van der Waals surface area contributed by atoms with Gasteiger partial charge >= 0.3 is 6.85 Å². The number of rotatable bonds is 1. The van der Waals surface area contributed by atoms with E-state index in [0.29, 0.717) is 0 Å². The van der Waals surface area contributed by atoms with Crippen LogP contribution in [0.2, 0.25) is 0 Å². The third kappa shape index (κ3) is 5.28. The third-order valence-electron chi connectivity index (χ3n) is 17.1. The number of para-hydroxylation sites is 1. The second-order valence-corrected chi connectivity index (χ2v) is 25.4. The van der Waals surface area contributed by atoms with E-state index in [1.165, 1.54) is 114 Å². The standard InChI is InChI=1S/C64H55BN2O2S/c1-61(2,3)34-19-22-36(23-20-34)67-48-30-41-39-28-44-45(64(9,10)26-25-63(44,7)8)32-52(39)69-51(41)31-43(48)57-58-59-55(56-38-16-12-14-18-54(38)70-60(56)57)42-27-35(62(4,5)6)21-24-47(42)66(59)49-33-53-40(29-46(49)65(58)67)37-15-11-13-17-50(37)68-53/h11-24,27-33H,25-26H2,1-10H3. The molecule has 15 rings (SSSR count). The minimum atomic E-state index is -0.171. The van der Waals surface area contributed by atoms with Crippen LogP contribution in [0.3, 0.4) is 0 Å². The first kappa shape index (κ1) is 41.1. The van der Waals surface area contributed by atoms with Crippen LogP contribution in [-0.2, 0) is 21.7 Å². The molecule has 0 radical (unpaired) electrons. The Morgan fingerprint density at radius 3 is 1.93 bits per heavy atom. The molecule has 0 unspecified atom stereocenters. The van der Waals surface area contributed by atoms with Gasteiger partial charge < -0.3 is 18.2 Å². The predicted octanol–water partition coefficient (Wildman–Crippen LogP) is 17.1. The fraction of sp³-hybridized carbons (Fsp3) is 0.250. The third-order valence-corrected chi connectivity index (χ3v) is 18.3. The van der Waals surface area contributed by atoms with Crippen LogP contribution in [0.4, 0.5) is 11.4 Å². The lowest BCUT2D eigenvalue weighted by Crippen LogP contribution is -2.60. The molecule has 0 amide bonds. The van der Waals surface area contributed by atoms with Crippen molar-refractivity contribution in [2.24, 2.45) is 0 Å². The average Bonchev–Trinajstić information content (AvgIpc) is 4.09. The number of thiophene rings is 1. The van der Waals surface area contributed by atoms with Crippen molar-refractivity contribution in [2.75, 3.05) is 4.81 Å². The van der Waals surface area contributed by atoms with E-state index in [0.717, 1.165) is 45.9 Å². The summed E-state index contributed by atoms with van der Waals surface area (Å²) in [5.74, 6) is 0. The van der Waals surface area contributed by atoms with Gasteiger partial charge in [0, 0.05) is 86.7 Å². The van der Waals surface area contributed by atoms with E-state index in [1.807, 2.05) is 11.3 Å². The lowest BCUT2D eigenvalue weighted by Gasteiger charge is -2.42. The number of hydrogen-bond acceptors (Lipinski definition) is 4. The van der Waals surface area contributed by atoms with Gasteiger partial charge in [-0.15, -0.1) is 11.3 Å². The summed E-state index contributed by atoms with van der Waals surface area (Å²) in [6, 6.07) is 49.0. The van der Waals surface area contributed by atoms with Gasteiger partial charge in [0.2, 0.25) is 0 Å². The zero-order chi connectivity index (χ0) is 47.7. The Hall–Kier alpha value is -6.76. The lowest BCUT2D eigenvalue weighted by molar-refractivity contribution is 0.332. The SMILES string of the molecule is CC(C)(C)c1ccc(N2B3c4cc5c(cc4-n4c6ccc(C(C)(C)C)cc6c6c7c(sc8ccccc87)c(c3c64)-c3cc4oc6cc7c(cc6c4cc32)C(C)(C)CCC7(C)C)oc2ccccc25)cc1. The van der Waals surface area contributed by atoms with Crippen LogP contribution >= 0.6 is 11.3 Å². The highest BCUT2D eigenvalue weighted by Gasteiger charge is 2.47. The summed E-state index contributed by atoms with van der Waals surface area (Å²) in [4.78, 5) is 2.70. The molecule has 0 atom stereocenters. The smallest absolute Gasteiger partial charge is 0.333 e. The van der Waals surface area contributed by atoms with Crippen LogP contribution in [0.15, 0.2) is 136 Å². The van der Waals surface area contributed by atoms with Crippen molar-refractivity contribution in [2.45, 2.75) is 104 Å². The number of nitrogens with zero attached hydrogens (tertiary/aromatic N) is 2. The summed E-state index contributed by atoms with van der Waals surface area (Å²) >= 11 is 1.95. The molecule has 4 nitrogen and oxygen atoms in total. The van der Waals surface area contributed by atoms with Gasteiger partial charge in [-0.1, -0.05) is 130 Å². The lowest BCUT2D eigenvalue weighted by atomic mass is 9.43. The zero-order valence-electron chi connectivity index (χ0n) is 41.7. The molecule has 0 N–H and O–H groups in total. The molecular formula is C64H55BN2O2S. The first-order valence-electron chi connectivity index (χ1n) is 25.3. The molecule has 1 aliphatic carbocycles. The van der Waals surface area contributed by atoms with Gasteiger partial charge in [-0.3, -0.25) is 0 Å². The maximum absolute atomic E-state index is 7.18. The highest BCUT2D eigenvalue weighted by molar-refractivity contribution is 7.27. The van der Waals surface area contributed by atoms with Gasteiger partial charge in [-0.05, 0) is 128 Å². The largest absolute Gasteiger partial charge is 0.456 e. The van der Waals surface area contributed by atoms with E-state index in [2.05, 4.69) is 206 Å². The fourth-order valence-corrected chi connectivity index (χ4v) is 14.5. The predicted molar refractivity (Wildman–Crippen MR) is 300 cm³/mol. The van der Waals surface area contributed by atoms with Gasteiger partial charge in [-0.25, -0.2) is 0 Å². The maximum Gasteiger partial charge on any atom is 0.333 e. The number of anilines is 2. The van der Waals surface area contributed by atoms with Crippen molar-refractivity contribution in [3.63, 3.8) is 0 Å². The Morgan fingerprint density at radius 2 is 1.17 bits per heavy atom. The van der Waals surface area contributed by atoms with Crippen molar-refractivity contribution in [3.05, 3.63) is 150 Å². The number of fused-ring (bicyclic) bond motifs is 20. The van der Waals surface area contributed by atoms with Gasteiger partial charge in [-0.2, -0.15) is 0 Å². The molecule has 6 heteroatoms. The molecule has 0 bridgehead atoms. The van der Waals surface area contributed by atoms with Crippen LogP contribution in [0.5, 0.6) is 0 Å². The minimum absolute atomic E-state index is 0.00542. The van der Waals surface area contributed by atoms with Crippen LogP contribution in [0, 0.1) is 0 Å². The Labute approximate surface area is 412 Å². The Morgan fingerprint density at radius 1 is 0.543 bits per heavy atom. The van der Waals surface area contributed by atoms with E-state index < -0.39 is 0 Å². The molecule has 0 fully saturated rings. The molecule has 0 spiro atoms. The van der Waals surface area contributed by atoms with Crippen molar-refractivity contribution in [1.29, 1.82) is 0 Å². The number of hydrogen-bond donors (Lipinski definition) is 0. The normalized spacial score (nSPS) is 16.2. The first-order chi connectivity index (χ1) is 33.4. The Balaban J connectivity index is 1.16. The molecule has 70 heavy (non-hydrogen) atoms. The Bertz CT molecular complexity index is 4330. The van der Waals surface area contributed by atoms with Crippen LogP contribution in [-0.4, -0.2) is 11.4 Å². The van der Waals surface area contributed by atoms with E-state index in [9.17, 15) is 0 Å². The zero-order valence-corrected chi connectivity index (χ0v) is 42.6. The molecule has 6 heterocycles. The summed E-state index contributed by atoms with van der Waals surface area (Å²) in [6.45, 7) is 23.4. The van der Waals surface area contributed by atoms with Crippen molar-refractivity contribution in [1.82, 2.24) is 4.57 Å². The molecule has 8 aromatic carbocycles. The fourth-order valence-electron chi connectivity index (χ4n) is 13.2. The van der Waals surface area contributed by atoms with Gasteiger partial charge in [0.25, 0.3) is 0 Å². The van der Waals surface area contributed by atoms with E-state index >= 15 is 0 Å². The van der Waals surface area contributed by atoms with Crippen LogP contribution in [0.25, 0.3) is 103 Å². The molecule has 2 aliphatic heterocycles. The molecule has 342 valence electrons. The molecular weight excluding hydrogens is 872 g/mol. The second-order valence-electron chi connectivity index (χ2n) is 24.3. The van der Waals surface area contributed by atoms with Gasteiger partial charge in [0.1, 0.15) is 22.3 Å². The monoisotopic (exact) mass is 926 g/mol. The highest BCUT2D eigenvalue weighted by Crippen LogP contribution is 2.55. The van der Waals surface area contributed by atoms with E-state index in [1.54, 1.807) is 0 Å². The van der Waals surface area contributed by atoms with Crippen molar-refractivity contribution < 1.29 is 8.83 Å². The topological polar surface area (TPSA) is 34.5 Å². The van der Waals surface area contributed by atoms with Gasteiger partial charge in [0.15, 0.2) is 0 Å². The van der Waals surface area contributed by atoms with Crippen molar-refractivity contribution >= 4 is 126 Å². The number of aromatic nitrogens is 1. The second kappa shape index (κ2) is 13.2. The minimum Gasteiger partial charge on any atom is -0.456 e. The summed E-state index contributed by atoms with van der Waals surface area (Å²) in [6.07, 6.45) is 2.32. The van der Waals surface area contributed by atoms with Crippen LogP contribution < -0.4 is 15.7 Å². The van der Waals surface area contributed by atoms with E-state index in [-0.39, 0.29) is 28.5 Å². The maximum atomic E-state index is 7.18. The first-order valence-corrected chi connectivity index (χ1v) is 26.1. The quantitative estimate of drug-likeness (QED) is 0.154. The molecule has 0 saturated heterocycles. The van der Waals surface area contributed by atoms with E-state index in [4.69, 9.17) is 8.83 Å². The Kier molecular flexibility index (Phi) is 7.72. The molecule has 4 aromatic heterocycles. The van der Waals surface area contributed by atoms with Gasteiger partial charge in [0.05, 0.1) is 11.0 Å². The molecule has 12 aromatic rings. The molecule has 0 saturated carbocycles. The van der Waals surface area contributed by atoms with Crippen molar-refractivity contribution in [3.8, 4) is 16.8 Å². The summed E-state index contributed by atoms with van der Waals surface area (Å²) in [7, 11) is 0.